The van der Waals surface area contributed by atoms with Gasteiger partial charge in [-0.1, -0.05) is 12.1 Å². The predicted octanol–water partition coefficient (Wildman–Crippen LogP) is 3.97. The smallest absolute Gasteiger partial charge is 0.257 e. The predicted molar refractivity (Wildman–Crippen MR) is 129 cm³/mol. The van der Waals surface area contributed by atoms with E-state index in [-0.39, 0.29) is 30.2 Å². The highest BCUT2D eigenvalue weighted by atomic mass is 16.5. The van der Waals surface area contributed by atoms with Gasteiger partial charge in [-0.05, 0) is 66.4 Å². The quantitative estimate of drug-likeness (QED) is 0.470. The minimum absolute atomic E-state index is 0.0528. The number of hydrogen-bond acceptors (Lipinski definition) is 6. The molecule has 174 valence electrons. The second-order valence-corrected chi connectivity index (χ2v) is 8.46. The third kappa shape index (κ3) is 3.82. The molecule has 3 aromatic carbocycles. The van der Waals surface area contributed by atoms with Crippen LogP contribution in [0.3, 0.4) is 0 Å². The summed E-state index contributed by atoms with van der Waals surface area (Å²) in [6.45, 7) is 0.557. The minimum Gasteiger partial charge on any atom is -0.504 e. The lowest BCUT2D eigenvalue weighted by Gasteiger charge is -2.23. The number of rotatable bonds is 4. The molecule has 0 radical (unpaired) electrons. The van der Waals surface area contributed by atoms with Gasteiger partial charge in [0.15, 0.2) is 11.5 Å². The molecule has 0 bridgehead atoms. The second-order valence-electron chi connectivity index (χ2n) is 8.46. The zero-order chi connectivity index (χ0) is 23.8. The van der Waals surface area contributed by atoms with E-state index < -0.39 is 0 Å². The number of fused-ring (bicyclic) bond motifs is 2. The Morgan fingerprint density at radius 2 is 1.82 bits per heavy atom. The van der Waals surface area contributed by atoms with Gasteiger partial charge in [-0.2, -0.15) is 0 Å². The van der Waals surface area contributed by atoms with Gasteiger partial charge in [0.05, 0.1) is 42.4 Å². The van der Waals surface area contributed by atoms with Crippen LogP contribution in [0, 0.1) is 0 Å². The number of likely N-dealkylation sites (tertiary alicyclic amines) is 1. The van der Waals surface area contributed by atoms with Gasteiger partial charge >= 0.3 is 0 Å². The number of nitrogens with one attached hydrogen (secondary N) is 2. The summed E-state index contributed by atoms with van der Waals surface area (Å²) in [7, 11) is 1.49. The van der Waals surface area contributed by atoms with E-state index in [0.717, 1.165) is 24.0 Å². The number of carbonyl (C=O) groups excluding carboxylic acids is 2. The first-order valence-electron chi connectivity index (χ1n) is 11.1. The van der Waals surface area contributed by atoms with Gasteiger partial charge in [-0.25, -0.2) is 0 Å². The Balaban J connectivity index is 1.47. The zero-order valence-corrected chi connectivity index (χ0v) is 18.7. The fraction of sp³-hybridized carbons (Fsp3) is 0.231. The lowest BCUT2D eigenvalue weighted by molar-refractivity contribution is 0.0677. The first-order chi connectivity index (χ1) is 16.5. The van der Waals surface area contributed by atoms with Crippen LogP contribution >= 0.6 is 0 Å². The molecule has 4 N–H and O–H groups in total. The summed E-state index contributed by atoms with van der Waals surface area (Å²) in [6.07, 6.45) is 1.65. The van der Waals surface area contributed by atoms with E-state index >= 15 is 0 Å². The minimum atomic E-state index is -0.282. The average Bonchev–Trinajstić information content (AvgIpc) is 3.28. The SMILES string of the molecule is COc1cc(-c2ccc3c(c2)Nc2ccc(C(=O)N4CCCC4CO)cc2NC3=O)ccc1O. The van der Waals surface area contributed by atoms with Crippen molar-refractivity contribution in [3.8, 4) is 22.6 Å². The maximum absolute atomic E-state index is 13.0. The van der Waals surface area contributed by atoms with E-state index in [1.54, 1.807) is 47.4 Å². The maximum atomic E-state index is 13.0. The second kappa shape index (κ2) is 8.72. The number of aliphatic hydroxyl groups is 1. The van der Waals surface area contributed by atoms with Crippen molar-refractivity contribution in [1.82, 2.24) is 4.90 Å². The topological polar surface area (TPSA) is 111 Å². The summed E-state index contributed by atoms with van der Waals surface area (Å²) < 4.78 is 5.21. The molecule has 1 atom stereocenters. The number of benzene rings is 3. The van der Waals surface area contributed by atoms with Crippen LogP contribution < -0.4 is 15.4 Å². The summed E-state index contributed by atoms with van der Waals surface area (Å²) >= 11 is 0. The molecule has 8 nitrogen and oxygen atoms in total. The van der Waals surface area contributed by atoms with Gasteiger partial charge < -0.3 is 30.5 Å². The summed E-state index contributed by atoms with van der Waals surface area (Å²) in [6, 6.07) is 15.5. The van der Waals surface area contributed by atoms with Crippen molar-refractivity contribution in [2.24, 2.45) is 0 Å². The molecular weight excluding hydrogens is 434 g/mol. The Morgan fingerprint density at radius 1 is 1.03 bits per heavy atom. The number of amides is 2. The molecule has 2 heterocycles. The Hall–Kier alpha value is -4.04. The molecule has 2 aliphatic rings. The summed E-state index contributed by atoms with van der Waals surface area (Å²) in [4.78, 5) is 27.7. The highest BCUT2D eigenvalue weighted by Crippen LogP contribution is 2.37. The number of aromatic hydroxyl groups is 1. The van der Waals surface area contributed by atoms with E-state index in [1.807, 2.05) is 12.1 Å². The number of nitrogens with zero attached hydrogens (tertiary/aromatic N) is 1. The maximum Gasteiger partial charge on any atom is 0.257 e. The van der Waals surface area contributed by atoms with E-state index in [1.165, 1.54) is 7.11 Å². The lowest BCUT2D eigenvalue weighted by Crippen LogP contribution is -2.37. The van der Waals surface area contributed by atoms with Crippen molar-refractivity contribution in [3.05, 3.63) is 65.7 Å². The first kappa shape index (κ1) is 21.8. The Labute approximate surface area is 196 Å². The van der Waals surface area contributed by atoms with E-state index in [4.69, 9.17) is 4.74 Å². The molecule has 0 spiro atoms. The normalized spacial score (nSPS) is 16.7. The number of phenolic OH excluding ortho intramolecular Hbond substituents is 1. The molecule has 5 rings (SSSR count). The molecule has 34 heavy (non-hydrogen) atoms. The molecular formula is C26H25N3O5. The number of anilines is 3. The van der Waals surface area contributed by atoms with Crippen LogP contribution in [-0.2, 0) is 0 Å². The van der Waals surface area contributed by atoms with Crippen LogP contribution in [0.1, 0.15) is 33.6 Å². The molecule has 0 saturated carbocycles. The standard InChI is InChI=1S/C26H25N3O5/c1-34-24-13-16(6-9-23(24)31)15-4-7-19-21(11-15)27-20-8-5-17(12-22(20)28-25(19)32)26(33)29-10-2-3-18(29)14-30/h4-9,11-13,18,27,30-31H,2-3,10,14H2,1H3,(H,28,32). The molecule has 2 aliphatic heterocycles. The third-order valence-corrected chi connectivity index (χ3v) is 6.41. The molecule has 0 aromatic heterocycles. The zero-order valence-electron chi connectivity index (χ0n) is 18.7. The Kier molecular flexibility index (Phi) is 5.59. The molecule has 3 aromatic rings. The third-order valence-electron chi connectivity index (χ3n) is 6.41. The van der Waals surface area contributed by atoms with Gasteiger partial charge in [0.1, 0.15) is 0 Å². The van der Waals surface area contributed by atoms with Crippen molar-refractivity contribution in [3.63, 3.8) is 0 Å². The van der Waals surface area contributed by atoms with Gasteiger partial charge in [0.25, 0.3) is 11.8 Å². The number of methoxy groups -OCH3 is 1. The van der Waals surface area contributed by atoms with Crippen LogP contribution in [-0.4, -0.2) is 53.2 Å². The fourth-order valence-corrected chi connectivity index (χ4v) is 4.57. The number of aliphatic hydroxyl groups excluding tert-OH is 1. The number of hydrogen-bond donors (Lipinski definition) is 4. The van der Waals surface area contributed by atoms with Crippen molar-refractivity contribution in [2.75, 3.05) is 30.9 Å². The van der Waals surface area contributed by atoms with Crippen LogP contribution in [0.2, 0.25) is 0 Å². The molecule has 1 unspecified atom stereocenters. The van der Waals surface area contributed by atoms with E-state index in [2.05, 4.69) is 10.6 Å². The number of phenols is 1. The molecule has 0 aliphatic carbocycles. The fourth-order valence-electron chi connectivity index (χ4n) is 4.57. The van der Waals surface area contributed by atoms with Crippen molar-refractivity contribution < 1.29 is 24.5 Å². The average molecular weight is 460 g/mol. The Bertz CT molecular complexity index is 1290. The first-order valence-corrected chi connectivity index (χ1v) is 11.1. The van der Waals surface area contributed by atoms with Gasteiger partial charge in [-0.15, -0.1) is 0 Å². The van der Waals surface area contributed by atoms with Gasteiger partial charge in [0, 0.05) is 12.1 Å². The van der Waals surface area contributed by atoms with Crippen molar-refractivity contribution >= 4 is 28.9 Å². The van der Waals surface area contributed by atoms with Crippen molar-refractivity contribution in [2.45, 2.75) is 18.9 Å². The molecule has 2 amide bonds. The largest absolute Gasteiger partial charge is 0.504 e. The highest BCUT2D eigenvalue weighted by Gasteiger charge is 2.29. The number of ether oxygens (including phenoxy) is 1. The van der Waals surface area contributed by atoms with E-state index in [9.17, 15) is 19.8 Å². The van der Waals surface area contributed by atoms with Crippen LogP contribution in [0.4, 0.5) is 17.1 Å². The van der Waals surface area contributed by atoms with Crippen LogP contribution in [0.25, 0.3) is 11.1 Å². The Morgan fingerprint density at radius 3 is 2.62 bits per heavy atom. The molecule has 8 heteroatoms. The lowest BCUT2D eigenvalue weighted by atomic mass is 10.0. The summed E-state index contributed by atoms with van der Waals surface area (Å²) in [5.41, 5.74) is 4.41. The van der Waals surface area contributed by atoms with Crippen LogP contribution in [0.5, 0.6) is 11.5 Å². The molecule has 1 saturated heterocycles. The van der Waals surface area contributed by atoms with Crippen molar-refractivity contribution in [1.29, 1.82) is 0 Å². The van der Waals surface area contributed by atoms with Gasteiger partial charge in [-0.3, -0.25) is 9.59 Å². The van der Waals surface area contributed by atoms with Crippen LogP contribution in [0.15, 0.2) is 54.6 Å². The van der Waals surface area contributed by atoms with Gasteiger partial charge in [0.2, 0.25) is 0 Å². The summed E-state index contributed by atoms with van der Waals surface area (Å²) in [5, 5.41) is 25.7. The monoisotopic (exact) mass is 459 g/mol. The highest BCUT2D eigenvalue weighted by molar-refractivity contribution is 6.13. The molecule has 1 fully saturated rings. The van der Waals surface area contributed by atoms with E-state index in [0.29, 0.717) is 40.5 Å². The number of carbonyl (C=O) groups is 2. The summed E-state index contributed by atoms with van der Waals surface area (Å²) in [5.74, 6) is -0.0202.